The van der Waals surface area contributed by atoms with E-state index in [1.165, 1.54) is 12.1 Å². The number of hydrogen-bond acceptors (Lipinski definition) is 4. The fourth-order valence-electron chi connectivity index (χ4n) is 2.14. The predicted molar refractivity (Wildman–Crippen MR) is 85.6 cm³/mol. The molecule has 122 valence electrons. The van der Waals surface area contributed by atoms with E-state index in [9.17, 15) is 9.18 Å². The van der Waals surface area contributed by atoms with E-state index >= 15 is 0 Å². The number of ether oxygens (including phenoxy) is 1. The van der Waals surface area contributed by atoms with Gasteiger partial charge in [0.15, 0.2) is 12.4 Å². The fourth-order valence-corrected chi connectivity index (χ4v) is 2.14. The Labute approximate surface area is 135 Å². The number of rotatable bonds is 6. The molecule has 2 rings (SSSR count). The molecule has 0 N–H and O–H groups in total. The number of nitrogens with zero attached hydrogens (tertiary/aromatic N) is 3. The summed E-state index contributed by atoms with van der Waals surface area (Å²) in [6, 6.07) is 7.59. The van der Waals surface area contributed by atoms with Gasteiger partial charge < -0.3 is 9.64 Å². The van der Waals surface area contributed by atoms with Crippen molar-refractivity contribution in [3.05, 3.63) is 41.8 Å². The van der Waals surface area contributed by atoms with Crippen molar-refractivity contribution in [3.63, 3.8) is 0 Å². The minimum Gasteiger partial charge on any atom is -0.467 e. The normalized spacial score (nSPS) is 10.4. The van der Waals surface area contributed by atoms with E-state index < -0.39 is 0 Å². The highest BCUT2D eigenvalue weighted by Gasteiger charge is 2.12. The second-order valence-corrected chi connectivity index (χ2v) is 5.03. The van der Waals surface area contributed by atoms with E-state index in [1.807, 2.05) is 20.8 Å². The first-order chi connectivity index (χ1) is 11.0. The molecule has 1 aromatic heterocycles. The molecule has 1 aromatic carbocycles. The van der Waals surface area contributed by atoms with Crippen molar-refractivity contribution < 1.29 is 13.9 Å². The van der Waals surface area contributed by atoms with E-state index in [1.54, 1.807) is 23.1 Å². The maximum Gasteiger partial charge on any atom is 0.260 e. The molecule has 1 heterocycles. The van der Waals surface area contributed by atoms with Crippen molar-refractivity contribution >= 4 is 5.91 Å². The molecule has 0 spiro atoms. The summed E-state index contributed by atoms with van der Waals surface area (Å²) in [5.41, 5.74) is 1.40. The number of amides is 1. The third-order valence-electron chi connectivity index (χ3n) is 3.39. The van der Waals surface area contributed by atoms with Crippen LogP contribution in [0.5, 0.6) is 5.88 Å². The zero-order chi connectivity index (χ0) is 16.8. The van der Waals surface area contributed by atoms with E-state index in [0.717, 1.165) is 0 Å². The molecule has 0 atom stereocenters. The lowest BCUT2D eigenvalue weighted by molar-refractivity contribution is -0.133. The minimum absolute atomic E-state index is 0.0685. The Morgan fingerprint density at radius 2 is 1.83 bits per heavy atom. The highest BCUT2D eigenvalue weighted by Crippen LogP contribution is 2.19. The van der Waals surface area contributed by atoms with Crippen LogP contribution in [0.4, 0.5) is 4.39 Å². The Bertz CT molecular complexity index is 670. The molecular weight excluding hydrogens is 297 g/mol. The number of hydrogen-bond donors (Lipinski definition) is 0. The SMILES string of the molecule is CCN(CC)C(=O)COc1cc(C)nc(-c2ccc(F)cc2)n1. The Morgan fingerprint density at radius 1 is 1.17 bits per heavy atom. The van der Waals surface area contributed by atoms with E-state index in [-0.39, 0.29) is 18.3 Å². The van der Waals surface area contributed by atoms with Crippen molar-refractivity contribution in [3.8, 4) is 17.3 Å². The third-order valence-corrected chi connectivity index (χ3v) is 3.39. The van der Waals surface area contributed by atoms with Crippen LogP contribution in [0.3, 0.4) is 0 Å². The summed E-state index contributed by atoms with van der Waals surface area (Å²) >= 11 is 0. The van der Waals surface area contributed by atoms with Crippen molar-refractivity contribution in [2.45, 2.75) is 20.8 Å². The number of carbonyl (C=O) groups excluding carboxylic acids is 1. The standard InChI is InChI=1S/C17H20FN3O2/c1-4-21(5-2)16(22)11-23-15-10-12(3)19-17(20-15)13-6-8-14(18)9-7-13/h6-10H,4-5,11H2,1-3H3. The molecule has 0 aliphatic heterocycles. The minimum atomic E-state index is -0.317. The maximum atomic E-state index is 13.0. The first kappa shape index (κ1) is 16.9. The molecule has 6 heteroatoms. The lowest BCUT2D eigenvalue weighted by Gasteiger charge is -2.18. The summed E-state index contributed by atoms with van der Waals surface area (Å²) in [6.45, 7) is 6.87. The van der Waals surface area contributed by atoms with Crippen LogP contribution in [-0.2, 0) is 4.79 Å². The molecule has 0 radical (unpaired) electrons. The molecular formula is C17H20FN3O2. The number of likely N-dealkylation sites (N-methyl/N-ethyl adjacent to an activating group) is 1. The Kier molecular flexibility index (Phi) is 5.62. The number of aryl methyl sites for hydroxylation is 1. The third kappa shape index (κ3) is 4.48. The van der Waals surface area contributed by atoms with Crippen LogP contribution < -0.4 is 4.74 Å². The monoisotopic (exact) mass is 317 g/mol. The summed E-state index contributed by atoms with van der Waals surface area (Å²) in [6.07, 6.45) is 0. The molecule has 0 bridgehead atoms. The van der Waals surface area contributed by atoms with Gasteiger partial charge in [-0.25, -0.2) is 9.37 Å². The van der Waals surface area contributed by atoms with Gasteiger partial charge in [-0.3, -0.25) is 4.79 Å². The molecule has 0 fully saturated rings. The van der Waals surface area contributed by atoms with E-state index in [4.69, 9.17) is 4.74 Å². The van der Waals surface area contributed by atoms with Gasteiger partial charge in [-0.15, -0.1) is 0 Å². The topological polar surface area (TPSA) is 55.3 Å². The molecule has 0 unspecified atom stereocenters. The van der Waals surface area contributed by atoms with Gasteiger partial charge in [0.05, 0.1) is 0 Å². The lowest BCUT2D eigenvalue weighted by Crippen LogP contribution is -2.34. The first-order valence-electron chi connectivity index (χ1n) is 7.55. The average molecular weight is 317 g/mol. The molecule has 0 saturated heterocycles. The quantitative estimate of drug-likeness (QED) is 0.822. The van der Waals surface area contributed by atoms with E-state index in [2.05, 4.69) is 9.97 Å². The molecule has 5 nitrogen and oxygen atoms in total. The maximum absolute atomic E-state index is 13.0. The van der Waals surface area contributed by atoms with Crippen LogP contribution >= 0.6 is 0 Å². The van der Waals surface area contributed by atoms with Crippen molar-refractivity contribution in [2.75, 3.05) is 19.7 Å². The van der Waals surface area contributed by atoms with Crippen molar-refractivity contribution in [2.24, 2.45) is 0 Å². The highest BCUT2D eigenvalue weighted by molar-refractivity contribution is 5.77. The predicted octanol–water partition coefficient (Wildman–Crippen LogP) is 2.84. The molecule has 23 heavy (non-hydrogen) atoms. The molecule has 0 saturated carbocycles. The second-order valence-electron chi connectivity index (χ2n) is 5.03. The van der Waals surface area contributed by atoms with Crippen LogP contribution in [0.1, 0.15) is 19.5 Å². The Balaban J connectivity index is 2.14. The van der Waals surface area contributed by atoms with Gasteiger partial charge in [-0.05, 0) is 45.0 Å². The highest BCUT2D eigenvalue weighted by atomic mass is 19.1. The first-order valence-corrected chi connectivity index (χ1v) is 7.55. The van der Waals surface area contributed by atoms with Gasteiger partial charge in [0.2, 0.25) is 5.88 Å². The summed E-state index contributed by atoms with van der Waals surface area (Å²) in [5, 5.41) is 0. The van der Waals surface area contributed by atoms with Crippen LogP contribution in [0.2, 0.25) is 0 Å². The molecule has 0 aliphatic carbocycles. The summed E-state index contributed by atoms with van der Waals surface area (Å²) in [5.74, 6) is 0.366. The van der Waals surface area contributed by atoms with Crippen LogP contribution in [0, 0.1) is 12.7 Å². The smallest absolute Gasteiger partial charge is 0.260 e. The number of halogens is 1. The number of benzene rings is 1. The van der Waals surface area contributed by atoms with Gasteiger partial charge in [-0.1, -0.05) is 0 Å². The molecule has 1 amide bonds. The van der Waals surface area contributed by atoms with Crippen LogP contribution in [0.15, 0.2) is 30.3 Å². The van der Waals surface area contributed by atoms with Crippen LogP contribution in [0.25, 0.3) is 11.4 Å². The van der Waals surface area contributed by atoms with Crippen molar-refractivity contribution in [1.29, 1.82) is 0 Å². The number of aromatic nitrogens is 2. The zero-order valence-corrected chi connectivity index (χ0v) is 13.5. The van der Waals surface area contributed by atoms with Gasteiger partial charge in [0, 0.05) is 30.4 Å². The van der Waals surface area contributed by atoms with Crippen molar-refractivity contribution in [1.82, 2.24) is 14.9 Å². The Morgan fingerprint density at radius 3 is 2.43 bits per heavy atom. The number of carbonyl (C=O) groups is 1. The molecule has 2 aromatic rings. The largest absolute Gasteiger partial charge is 0.467 e. The lowest BCUT2D eigenvalue weighted by atomic mass is 10.2. The van der Waals surface area contributed by atoms with Gasteiger partial charge in [-0.2, -0.15) is 4.98 Å². The van der Waals surface area contributed by atoms with Crippen LogP contribution in [-0.4, -0.2) is 40.5 Å². The summed E-state index contributed by atoms with van der Waals surface area (Å²) < 4.78 is 18.5. The molecule has 0 aliphatic rings. The Hall–Kier alpha value is -2.50. The van der Waals surface area contributed by atoms with Gasteiger partial charge in [0.25, 0.3) is 5.91 Å². The van der Waals surface area contributed by atoms with Gasteiger partial charge >= 0.3 is 0 Å². The van der Waals surface area contributed by atoms with E-state index in [0.29, 0.717) is 36.1 Å². The van der Waals surface area contributed by atoms with Gasteiger partial charge in [0.1, 0.15) is 5.82 Å². The average Bonchev–Trinajstić information content (AvgIpc) is 2.54. The zero-order valence-electron chi connectivity index (χ0n) is 13.5. The summed E-state index contributed by atoms with van der Waals surface area (Å²) in [4.78, 5) is 22.3. The summed E-state index contributed by atoms with van der Waals surface area (Å²) in [7, 11) is 0. The second kappa shape index (κ2) is 7.67. The fraction of sp³-hybridized carbons (Fsp3) is 0.353.